The number of ether oxygens (including phenoxy) is 1. The Kier molecular flexibility index (Phi) is 7.70. The van der Waals surface area contributed by atoms with E-state index in [0.717, 1.165) is 27.2 Å². The van der Waals surface area contributed by atoms with Gasteiger partial charge in [0.1, 0.15) is 10.8 Å². The number of hydrogen-bond acceptors (Lipinski definition) is 7. The van der Waals surface area contributed by atoms with Gasteiger partial charge in [0.05, 0.1) is 18.1 Å². The maximum absolute atomic E-state index is 8.77. The highest BCUT2D eigenvalue weighted by molar-refractivity contribution is 8.00. The molecule has 0 atom stereocenters. The summed E-state index contributed by atoms with van der Waals surface area (Å²) in [5.74, 6) is 0.926. The third-order valence-electron chi connectivity index (χ3n) is 3.58. The average molecular weight is 405 g/mol. The van der Waals surface area contributed by atoms with E-state index in [4.69, 9.17) is 21.6 Å². The van der Waals surface area contributed by atoms with E-state index in [0.29, 0.717) is 29.8 Å². The van der Waals surface area contributed by atoms with Gasteiger partial charge in [-0.1, -0.05) is 25.4 Å². The van der Waals surface area contributed by atoms with Crippen molar-refractivity contribution in [3.8, 4) is 11.9 Å². The number of rotatable bonds is 6. The molecular formula is C18H21ClN6OS. The number of aryl methyl sites for hydroxylation is 1. The second-order valence-corrected chi connectivity index (χ2v) is 6.40. The largest absolute Gasteiger partial charge is 0.481 e. The third-order valence-corrected chi connectivity index (χ3v) is 4.63. The monoisotopic (exact) mass is 404 g/mol. The van der Waals surface area contributed by atoms with Crippen LogP contribution in [0.1, 0.15) is 31.5 Å². The molecule has 3 rings (SSSR count). The van der Waals surface area contributed by atoms with Crippen molar-refractivity contribution in [2.75, 3.05) is 11.8 Å². The number of fused-ring (bicyclic) bond motifs is 1. The highest BCUT2D eigenvalue weighted by atomic mass is 35.5. The molecule has 0 aliphatic carbocycles. The van der Waals surface area contributed by atoms with Gasteiger partial charge in [0, 0.05) is 29.3 Å². The second-order valence-electron chi connectivity index (χ2n) is 5.17. The van der Waals surface area contributed by atoms with Gasteiger partial charge in [0.25, 0.3) is 0 Å². The van der Waals surface area contributed by atoms with Crippen molar-refractivity contribution in [1.29, 1.82) is 5.26 Å². The predicted molar refractivity (Wildman–Crippen MR) is 109 cm³/mol. The number of hydrogen-bond donors (Lipinski definition) is 2. The lowest BCUT2D eigenvalue weighted by atomic mass is 10.1. The Labute approximate surface area is 167 Å². The van der Waals surface area contributed by atoms with Gasteiger partial charge in [-0.2, -0.15) is 10.2 Å². The summed E-state index contributed by atoms with van der Waals surface area (Å²) in [5, 5.41) is 10.2. The number of aromatic nitrogens is 4. The minimum Gasteiger partial charge on any atom is -0.481 e. The summed E-state index contributed by atoms with van der Waals surface area (Å²) in [6.45, 7) is 5.88. The molecule has 0 fully saturated rings. The van der Waals surface area contributed by atoms with Crippen LogP contribution in [0.3, 0.4) is 0 Å². The Morgan fingerprint density at radius 1 is 1.30 bits per heavy atom. The first-order chi connectivity index (χ1) is 13.1. The van der Waals surface area contributed by atoms with Crippen LogP contribution < -0.4 is 9.46 Å². The molecule has 0 spiro atoms. The molecule has 3 aromatic heterocycles. The predicted octanol–water partition coefficient (Wildman–Crippen LogP) is 4.92. The average Bonchev–Trinajstić information content (AvgIpc) is 3.08. The Morgan fingerprint density at radius 2 is 2.07 bits per heavy atom. The number of H-pyrrole nitrogens is 1. The number of nitrogens with zero attached hydrogens (tertiary/aromatic N) is 4. The molecule has 0 amide bonds. The molecule has 0 saturated heterocycles. The number of anilines is 1. The highest BCUT2D eigenvalue weighted by Crippen LogP contribution is 2.29. The topological polar surface area (TPSA) is 99.5 Å². The first-order valence-corrected chi connectivity index (χ1v) is 9.66. The molecule has 7 nitrogen and oxygen atoms in total. The van der Waals surface area contributed by atoms with Crippen LogP contribution in [-0.2, 0) is 6.42 Å². The lowest BCUT2D eigenvalue weighted by Gasteiger charge is -2.11. The van der Waals surface area contributed by atoms with Crippen LogP contribution in [0.15, 0.2) is 23.2 Å². The van der Waals surface area contributed by atoms with Gasteiger partial charge in [0.2, 0.25) is 11.8 Å². The fourth-order valence-corrected chi connectivity index (χ4v) is 3.23. The summed E-state index contributed by atoms with van der Waals surface area (Å²) >= 11 is 7.27. The normalized spacial score (nSPS) is 10.1. The van der Waals surface area contributed by atoms with Crippen LogP contribution >= 0.6 is 23.5 Å². The highest BCUT2D eigenvalue weighted by Gasteiger charge is 2.13. The maximum atomic E-state index is 8.77. The molecular weight excluding hydrogens is 384 g/mol. The van der Waals surface area contributed by atoms with Gasteiger partial charge in [-0.05, 0) is 37.4 Å². The Morgan fingerprint density at radius 3 is 2.78 bits per heavy atom. The van der Waals surface area contributed by atoms with Crippen LogP contribution in [-0.4, -0.2) is 27.0 Å². The first kappa shape index (κ1) is 20.8. The maximum Gasteiger partial charge on any atom is 0.236 e. The van der Waals surface area contributed by atoms with Crippen molar-refractivity contribution in [2.45, 2.75) is 38.5 Å². The molecule has 27 heavy (non-hydrogen) atoms. The van der Waals surface area contributed by atoms with Gasteiger partial charge in [0.15, 0.2) is 0 Å². The van der Waals surface area contributed by atoms with E-state index in [2.05, 4.69) is 30.7 Å². The number of nitriles is 1. The van der Waals surface area contributed by atoms with Gasteiger partial charge in [-0.3, -0.25) is 4.72 Å². The molecule has 0 aliphatic heterocycles. The fraction of sp³-hybridized carbons (Fsp3) is 0.333. The number of halogens is 1. The molecule has 2 N–H and O–H groups in total. The third kappa shape index (κ3) is 5.02. The molecule has 3 aromatic rings. The quantitative estimate of drug-likeness (QED) is 0.444. The van der Waals surface area contributed by atoms with Gasteiger partial charge >= 0.3 is 0 Å². The molecule has 0 radical (unpaired) electrons. The van der Waals surface area contributed by atoms with Crippen molar-refractivity contribution in [3.05, 3.63) is 34.7 Å². The van der Waals surface area contributed by atoms with Crippen LogP contribution in [0.25, 0.3) is 11.0 Å². The molecule has 3 heterocycles. The van der Waals surface area contributed by atoms with Gasteiger partial charge in [-0.25, -0.2) is 9.97 Å². The lowest BCUT2D eigenvalue weighted by Crippen LogP contribution is -2.04. The number of pyridine rings is 1. The summed E-state index contributed by atoms with van der Waals surface area (Å²) in [4.78, 5) is 17.1. The molecule has 0 bridgehead atoms. The van der Waals surface area contributed by atoms with Crippen LogP contribution in [0.5, 0.6) is 5.88 Å². The molecule has 142 valence electrons. The van der Waals surface area contributed by atoms with E-state index in [1.807, 2.05) is 33.0 Å². The molecule has 0 unspecified atom stereocenters. The summed E-state index contributed by atoms with van der Waals surface area (Å²) in [6.07, 6.45) is 2.80. The van der Waals surface area contributed by atoms with E-state index >= 15 is 0 Å². The van der Waals surface area contributed by atoms with Gasteiger partial charge < -0.3 is 9.72 Å². The van der Waals surface area contributed by atoms with Crippen molar-refractivity contribution < 1.29 is 4.74 Å². The first-order valence-electron chi connectivity index (χ1n) is 8.47. The van der Waals surface area contributed by atoms with Crippen molar-refractivity contribution >= 4 is 40.5 Å². The van der Waals surface area contributed by atoms with E-state index in [1.54, 1.807) is 13.2 Å². The van der Waals surface area contributed by atoms with E-state index in [9.17, 15) is 0 Å². The summed E-state index contributed by atoms with van der Waals surface area (Å²) in [7, 11) is 1.56. The van der Waals surface area contributed by atoms with Gasteiger partial charge in [-0.15, -0.1) is 0 Å². The summed E-state index contributed by atoms with van der Waals surface area (Å²) < 4.78 is 8.47. The van der Waals surface area contributed by atoms with Crippen LogP contribution in [0, 0.1) is 18.3 Å². The van der Waals surface area contributed by atoms with Crippen molar-refractivity contribution in [1.82, 2.24) is 19.9 Å². The standard InChI is InChI=1S/C16H15ClN6OS.C2H6/c1-9-10(4-3-7-18)15(24-2)22-16(20-9)23-25-12-8-19-14-11(12)5-6-13(17)21-14;1-2/h5-6,8H,3-4H2,1-2H3,(H,19,21)(H,20,22,23);1-2H3. The molecule has 0 aromatic carbocycles. The zero-order chi connectivity index (χ0) is 19.8. The van der Waals surface area contributed by atoms with E-state index in [1.165, 1.54) is 11.9 Å². The Hall–Kier alpha value is -2.50. The second kappa shape index (κ2) is 10.00. The zero-order valence-electron chi connectivity index (χ0n) is 15.6. The zero-order valence-corrected chi connectivity index (χ0v) is 17.2. The van der Waals surface area contributed by atoms with Crippen LogP contribution in [0.2, 0.25) is 5.15 Å². The number of aromatic amines is 1. The van der Waals surface area contributed by atoms with Crippen molar-refractivity contribution in [3.63, 3.8) is 0 Å². The van der Waals surface area contributed by atoms with Crippen LogP contribution in [0.4, 0.5) is 5.95 Å². The minimum atomic E-state index is 0.396. The summed E-state index contributed by atoms with van der Waals surface area (Å²) in [5.41, 5.74) is 2.36. The van der Waals surface area contributed by atoms with E-state index in [-0.39, 0.29) is 0 Å². The Balaban J connectivity index is 0.00000126. The van der Waals surface area contributed by atoms with E-state index < -0.39 is 0 Å². The van der Waals surface area contributed by atoms with Crippen molar-refractivity contribution in [2.24, 2.45) is 0 Å². The smallest absolute Gasteiger partial charge is 0.236 e. The molecule has 0 saturated carbocycles. The lowest BCUT2D eigenvalue weighted by molar-refractivity contribution is 0.391. The Bertz CT molecular complexity index is 953. The summed E-state index contributed by atoms with van der Waals surface area (Å²) in [6, 6.07) is 5.78. The fourth-order valence-electron chi connectivity index (χ4n) is 2.39. The molecule has 9 heteroatoms. The minimum absolute atomic E-state index is 0.396. The number of methoxy groups -OCH3 is 1. The molecule has 0 aliphatic rings. The SMILES string of the molecule is CC.COc1nc(NSc2c[nH]c3nc(Cl)ccc23)nc(C)c1CCC#N. The number of nitrogens with one attached hydrogen (secondary N) is 2.